The SMILES string of the molecule is Cc1ccc(Br)cc1C(N)CCC(F)(F)F. The quantitative estimate of drug-likeness (QED) is 0.893. The fourth-order valence-corrected chi connectivity index (χ4v) is 1.86. The van der Waals surface area contributed by atoms with Crippen molar-refractivity contribution >= 4 is 15.9 Å². The molecule has 1 nitrogen and oxygen atoms in total. The van der Waals surface area contributed by atoms with Crippen LogP contribution in [0.25, 0.3) is 0 Å². The highest BCUT2D eigenvalue weighted by atomic mass is 79.9. The summed E-state index contributed by atoms with van der Waals surface area (Å²) in [6.07, 6.45) is -5.07. The lowest BCUT2D eigenvalue weighted by Gasteiger charge is -2.16. The van der Waals surface area contributed by atoms with E-state index in [9.17, 15) is 13.2 Å². The van der Waals surface area contributed by atoms with Crippen LogP contribution in [0.5, 0.6) is 0 Å². The monoisotopic (exact) mass is 295 g/mol. The Labute approximate surface area is 101 Å². The second-order valence-electron chi connectivity index (χ2n) is 3.76. The minimum Gasteiger partial charge on any atom is -0.324 e. The van der Waals surface area contributed by atoms with Gasteiger partial charge in [-0.1, -0.05) is 22.0 Å². The zero-order valence-corrected chi connectivity index (χ0v) is 10.4. The summed E-state index contributed by atoms with van der Waals surface area (Å²) in [6.45, 7) is 1.84. The fourth-order valence-electron chi connectivity index (χ4n) is 1.49. The van der Waals surface area contributed by atoms with Gasteiger partial charge in [0.25, 0.3) is 0 Å². The topological polar surface area (TPSA) is 26.0 Å². The highest BCUT2D eigenvalue weighted by Gasteiger charge is 2.28. The summed E-state index contributed by atoms with van der Waals surface area (Å²) >= 11 is 3.28. The van der Waals surface area contributed by atoms with E-state index >= 15 is 0 Å². The van der Waals surface area contributed by atoms with E-state index in [0.29, 0.717) is 0 Å². The van der Waals surface area contributed by atoms with Gasteiger partial charge in [0.2, 0.25) is 0 Å². The third kappa shape index (κ3) is 4.14. The maximum Gasteiger partial charge on any atom is 0.389 e. The van der Waals surface area contributed by atoms with Gasteiger partial charge in [0.15, 0.2) is 0 Å². The van der Waals surface area contributed by atoms with Crippen LogP contribution in [0.2, 0.25) is 0 Å². The molecule has 1 atom stereocenters. The summed E-state index contributed by atoms with van der Waals surface area (Å²) in [7, 11) is 0. The van der Waals surface area contributed by atoms with Crippen molar-refractivity contribution < 1.29 is 13.2 Å². The molecule has 0 amide bonds. The molecule has 90 valence electrons. The number of rotatable bonds is 3. The van der Waals surface area contributed by atoms with Crippen LogP contribution in [0.3, 0.4) is 0 Å². The standard InChI is InChI=1S/C11H13BrF3N/c1-7-2-3-8(12)6-9(7)10(16)4-5-11(13,14)15/h2-3,6,10H,4-5,16H2,1H3. The Hall–Kier alpha value is -0.550. The van der Waals surface area contributed by atoms with Gasteiger partial charge in [-0.3, -0.25) is 0 Å². The first-order chi connectivity index (χ1) is 7.29. The van der Waals surface area contributed by atoms with Crippen molar-refractivity contribution in [3.63, 3.8) is 0 Å². The molecule has 0 bridgehead atoms. The predicted molar refractivity (Wildman–Crippen MR) is 61.1 cm³/mol. The zero-order valence-electron chi connectivity index (χ0n) is 8.81. The van der Waals surface area contributed by atoms with Crippen molar-refractivity contribution in [1.82, 2.24) is 0 Å². The highest BCUT2D eigenvalue weighted by Crippen LogP contribution is 2.28. The van der Waals surface area contributed by atoms with E-state index in [1.165, 1.54) is 0 Å². The van der Waals surface area contributed by atoms with Crippen molar-refractivity contribution in [1.29, 1.82) is 0 Å². The number of alkyl halides is 3. The fraction of sp³-hybridized carbons (Fsp3) is 0.455. The highest BCUT2D eigenvalue weighted by molar-refractivity contribution is 9.10. The molecule has 2 N–H and O–H groups in total. The Balaban J connectivity index is 2.73. The lowest BCUT2D eigenvalue weighted by molar-refractivity contribution is -0.136. The molecular formula is C11H13BrF3N. The van der Waals surface area contributed by atoms with Crippen LogP contribution >= 0.6 is 15.9 Å². The van der Waals surface area contributed by atoms with Gasteiger partial charge in [-0.05, 0) is 36.6 Å². The van der Waals surface area contributed by atoms with E-state index in [1.54, 1.807) is 6.07 Å². The number of nitrogens with two attached hydrogens (primary N) is 1. The van der Waals surface area contributed by atoms with Gasteiger partial charge in [-0.15, -0.1) is 0 Å². The summed E-state index contributed by atoms with van der Waals surface area (Å²) in [4.78, 5) is 0. The first kappa shape index (κ1) is 13.5. The minimum absolute atomic E-state index is 0.0825. The third-order valence-corrected chi connectivity index (χ3v) is 2.87. The molecule has 16 heavy (non-hydrogen) atoms. The molecule has 1 aromatic carbocycles. The summed E-state index contributed by atoms with van der Waals surface area (Å²) in [5.74, 6) is 0. The number of halogens is 4. The number of benzene rings is 1. The molecule has 1 unspecified atom stereocenters. The van der Waals surface area contributed by atoms with Crippen LogP contribution in [0.1, 0.15) is 30.0 Å². The van der Waals surface area contributed by atoms with Crippen LogP contribution in [-0.2, 0) is 0 Å². The van der Waals surface area contributed by atoms with Crippen molar-refractivity contribution in [2.75, 3.05) is 0 Å². The van der Waals surface area contributed by atoms with Gasteiger partial charge in [-0.25, -0.2) is 0 Å². The van der Waals surface area contributed by atoms with Gasteiger partial charge in [-0.2, -0.15) is 13.2 Å². The zero-order chi connectivity index (χ0) is 12.3. The molecule has 0 aliphatic carbocycles. The normalized spacial score (nSPS) is 13.9. The van der Waals surface area contributed by atoms with Gasteiger partial charge < -0.3 is 5.73 Å². The molecule has 1 aromatic rings. The Kier molecular flexibility index (Phi) is 4.38. The predicted octanol–water partition coefficient (Wildman–Crippen LogP) is 4.10. The van der Waals surface area contributed by atoms with Gasteiger partial charge >= 0.3 is 6.18 Å². The Bertz CT molecular complexity index is 363. The third-order valence-electron chi connectivity index (χ3n) is 2.38. The summed E-state index contributed by atoms with van der Waals surface area (Å²) < 4.78 is 37.0. The van der Waals surface area contributed by atoms with Crippen LogP contribution in [0.15, 0.2) is 22.7 Å². The molecular weight excluding hydrogens is 283 g/mol. The molecule has 0 radical (unpaired) electrons. The Morgan fingerprint density at radius 1 is 1.38 bits per heavy atom. The molecule has 5 heteroatoms. The van der Waals surface area contributed by atoms with E-state index < -0.39 is 18.6 Å². The molecule has 0 aromatic heterocycles. The largest absolute Gasteiger partial charge is 0.389 e. The lowest BCUT2D eigenvalue weighted by Crippen LogP contribution is -2.16. The molecule has 0 heterocycles. The lowest BCUT2D eigenvalue weighted by atomic mass is 9.98. The van der Waals surface area contributed by atoms with E-state index in [1.807, 2.05) is 19.1 Å². The molecule has 0 saturated carbocycles. The molecule has 0 fully saturated rings. The van der Waals surface area contributed by atoms with Gasteiger partial charge in [0.1, 0.15) is 0 Å². The van der Waals surface area contributed by atoms with Crippen molar-refractivity contribution in [2.45, 2.75) is 32.0 Å². The summed E-state index contributed by atoms with van der Waals surface area (Å²) in [5, 5.41) is 0. The number of hydrogen-bond acceptors (Lipinski definition) is 1. The number of hydrogen-bond donors (Lipinski definition) is 1. The first-order valence-corrected chi connectivity index (χ1v) is 5.67. The van der Waals surface area contributed by atoms with E-state index in [4.69, 9.17) is 5.73 Å². The van der Waals surface area contributed by atoms with E-state index in [2.05, 4.69) is 15.9 Å². The average Bonchev–Trinajstić information content (AvgIpc) is 2.17. The first-order valence-electron chi connectivity index (χ1n) is 4.88. The molecule has 0 aliphatic rings. The second kappa shape index (κ2) is 5.19. The Morgan fingerprint density at radius 2 is 2.00 bits per heavy atom. The molecule has 0 aliphatic heterocycles. The maximum atomic E-state index is 12.0. The number of aryl methyl sites for hydroxylation is 1. The molecule has 0 spiro atoms. The van der Waals surface area contributed by atoms with Crippen LogP contribution in [0, 0.1) is 6.92 Å². The smallest absolute Gasteiger partial charge is 0.324 e. The summed E-state index contributed by atoms with van der Waals surface area (Å²) in [5.41, 5.74) is 7.43. The van der Waals surface area contributed by atoms with Crippen LogP contribution in [-0.4, -0.2) is 6.18 Å². The van der Waals surface area contributed by atoms with Crippen molar-refractivity contribution in [2.24, 2.45) is 5.73 Å². The van der Waals surface area contributed by atoms with Gasteiger partial charge in [0, 0.05) is 16.9 Å². The van der Waals surface area contributed by atoms with E-state index in [-0.39, 0.29) is 6.42 Å². The second-order valence-corrected chi connectivity index (χ2v) is 4.68. The van der Waals surface area contributed by atoms with Crippen molar-refractivity contribution in [3.05, 3.63) is 33.8 Å². The van der Waals surface area contributed by atoms with Crippen LogP contribution < -0.4 is 5.73 Å². The summed E-state index contributed by atoms with van der Waals surface area (Å²) in [6, 6.07) is 4.89. The molecule has 0 saturated heterocycles. The molecule has 1 rings (SSSR count). The minimum atomic E-state index is -4.14. The Morgan fingerprint density at radius 3 is 2.56 bits per heavy atom. The van der Waals surface area contributed by atoms with Crippen LogP contribution in [0.4, 0.5) is 13.2 Å². The van der Waals surface area contributed by atoms with Gasteiger partial charge in [0.05, 0.1) is 0 Å². The van der Waals surface area contributed by atoms with E-state index in [0.717, 1.165) is 15.6 Å². The average molecular weight is 296 g/mol. The van der Waals surface area contributed by atoms with Crippen molar-refractivity contribution in [3.8, 4) is 0 Å². The maximum absolute atomic E-state index is 12.0.